The van der Waals surface area contributed by atoms with Crippen LogP contribution in [0.3, 0.4) is 0 Å². The Balaban J connectivity index is 2.58. The molecule has 2 rings (SSSR count). The van der Waals surface area contributed by atoms with Gasteiger partial charge in [-0.1, -0.05) is 36.5 Å². The van der Waals surface area contributed by atoms with Crippen LogP contribution in [0.2, 0.25) is 10.3 Å². The molecule has 0 atom stereocenters. The summed E-state index contributed by atoms with van der Waals surface area (Å²) in [5.41, 5.74) is 3.58. The van der Waals surface area contributed by atoms with E-state index in [4.69, 9.17) is 23.2 Å². The third kappa shape index (κ3) is 2.60. The highest BCUT2D eigenvalue weighted by Gasteiger charge is 2.18. The number of hydrogen-bond acceptors (Lipinski definition) is 3. The lowest BCUT2D eigenvalue weighted by Crippen LogP contribution is -1.99. The van der Waals surface area contributed by atoms with Crippen LogP contribution in [0.1, 0.15) is 30.3 Å². The first-order chi connectivity index (χ1) is 8.95. The summed E-state index contributed by atoms with van der Waals surface area (Å²) in [6.45, 7) is 5.96. The Morgan fingerprint density at radius 1 is 1.11 bits per heavy atom. The van der Waals surface area contributed by atoms with Gasteiger partial charge in [-0.2, -0.15) is 5.10 Å². The number of rotatable bonds is 3. The van der Waals surface area contributed by atoms with Crippen LogP contribution in [0.4, 0.5) is 0 Å². The third-order valence-corrected chi connectivity index (χ3v) is 3.76. The van der Waals surface area contributed by atoms with Crippen molar-refractivity contribution in [3.05, 3.63) is 27.3 Å². The first-order valence-electron chi connectivity index (χ1n) is 6.18. The zero-order chi connectivity index (χ0) is 14.2. The van der Waals surface area contributed by atoms with Crippen molar-refractivity contribution in [3.8, 4) is 11.4 Å². The molecule has 102 valence electrons. The van der Waals surface area contributed by atoms with E-state index >= 15 is 0 Å². The van der Waals surface area contributed by atoms with Crippen molar-refractivity contribution in [1.29, 1.82) is 0 Å². The van der Waals surface area contributed by atoms with E-state index in [0.29, 0.717) is 16.1 Å². The summed E-state index contributed by atoms with van der Waals surface area (Å²) < 4.78 is 1.80. The summed E-state index contributed by atoms with van der Waals surface area (Å²) in [5, 5.41) is 5.22. The van der Waals surface area contributed by atoms with Gasteiger partial charge in [0.05, 0.1) is 11.3 Å². The third-order valence-electron chi connectivity index (χ3n) is 3.14. The van der Waals surface area contributed by atoms with Gasteiger partial charge in [-0.3, -0.25) is 4.68 Å². The fraction of sp³-hybridized carbons (Fsp3) is 0.462. The minimum Gasteiger partial charge on any atom is -0.272 e. The van der Waals surface area contributed by atoms with E-state index in [1.165, 1.54) is 0 Å². The molecule has 2 aromatic heterocycles. The molecule has 4 nitrogen and oxygen atoms in total. The first-order valence-corrected chi connectivity index (χ1v) is 6.93. The molecule has 0 fully saturated rings. The molecule has 0 saturated heterocycles. The van der Waals surface area contributed by atoms with Crippen LogP contribution in [-0.2, 0) is 13.5 Å². The van der Waals surface area contributed by atoms with E-state index in [0.717, 1.165) is 35.4 Å². The molecule has 19 heavy (non-hydrogen) atoms. The molecule has 0 amide bonds. The fourth-order valence-corrected chi connectivity index (χ4v) is 2.67. The highest BCUT2D eigenvalue weighted by atomic mass is 35.5. The number of aryl methyl sites for hydroxylation is 2. The van der Waals surface area contributed by atoms with Gasteiger partial charge in [0.15, 0.2) is 5.82 Å². The quantitative estimate of drug-likeness (QED) is 0.811. The molecule has 0 saturated carbocycles. The molecule has 0 aliphatic heterocycles. The van der Waals surface area contributed by atoms with Crippen LogP contribution in [0, 0.1) is 13.8 Å². The van der Waals surface area contributed by atoms with E-state index in [9.17, 15) is 0 Å². The Bertz CT molecular complexity index is 596. The predicted octanol–water partition coefficient (Wildman–Crippen LogP) is 3.75. The maximum Gasteiger partial charge on any atom is 0.166 e. The summed E-state index contributed by atoms with van der Waals surface area (Å²) in [7, 11) is 1.89. The second kappa shape index (κ2) is 5.47. The Morgan fingerprint density at radius 2 is 1.68 bits per heavy atom. The van der Waals surface area contributed by atoms with E-state index < -0.39 is 0 Å². The number of halogens is 2. The molecule has 0 aliphatic rings. The van der Waals surface area contributed by atoms with Crippen molar-refractivity contribution in [1.82, 2.24) is 19.7 Å². The molecule has 0 unspecified atom stereocenters. The minimum atomic E-state index is 0.430. The summed E-state index contributed by atoms with van der Waals surface area (Å²) in [4.78, 5) is 8.75. The second-order valence-corrected chi connectivity index (χ2v) is 5.24. The normalized spacial score (nSPS) is 11.1. The predicted molar refractivity (Wildman–Crippen MR) is 77.7 cm³/mol. The Kier molecular flexibility index (Phi) is 4.11. The monoisotopic (exact) mass is 298 g/mol. The lowest BCUT2D eigenvalue weighted by molar-refractivity contribution is 0.731. The van der Waals surface area contributed by atoms with Crippen LogP contribution in [-0.4, -0.2) is 19.7 Å². The van der Waals surface area contributed by atoms with Crippen LogP contribution >= 0.6 is 23.2 Å². The van der Waals surface area contributed by atoms with Crippen LogP contribution in [0.25, 0.3) is 11.4 Å². The van der Waals surface area contributed by atoms with Gasteiger partial charge in [0.25, 0.3) is 0 Å². The zero-order valence-electron chi connectivity index (χ0n) is 11.5. The van der Waals surface area contributed by atoms with Gasteiger partial charge in [0.2, 0.25) is 0 Å². The summed E-state index contributed by atoms with van der Waals surface area (Å²) >= 11 is 12.4. The van der Waals surface area contributed by atoms with E-state index in [-0.39, 0.29) is 0 Å². The molecule has 0 aromatic carbocycles. The molecule has 0 aliphatic carbocycles. The number of aromatic nitrogens is 4. The molecule has 0 spiro atoms. The molecule has 2 heterocycles. The lowest BCUT2D eigenvalue weighted by atomic mass is 10.1. The van der Waals surface area contributed by atoms with Gasteiger partial charge in [-0.15, -0.1) is 0 Å². The highest BCUT2D eigenvalue weighted by Crippen LogP contribution is 2.29. The van der Waals surface area contributed by atoms with Gasteiger partial charge < -0.3 is 0 Å². The zero-order valence-corrected chi connectivity index (χ0v) is 13.0. The summed E-state index contributed by atoms with van der Waals surface area (Å²) in [5.74, 6) is 0.540. The van der Waals surface area contributed by atoms with Gasteiger partial charge in [-0.25, -0.2) is 9.97 Å². The average molecular weight is 299 g/mol. The van der Waals surface area contributed by atoms with E-state index in [1.807, 2.05) is 20.9 Å². The topological polar surface area (TPSA) is 43.6 Å². The maximum absolute atomic E-state index is 6.21. The summed E-state index contributed by atoms with van der Waals surface area (Å²) in [6.07, 6.45) is 1.73. The summed E-state index contributed by atoms with van der Waals surface area (Å²) in [6, 6.07) is 0. The van der Waals surface area contributed by atoms with Gasteiger partial charge in [0, 0.05) is 18.3 Å². The minimum absolute atomic E-state index is 0.430. The van der Waals surface area contributed by atoms with Crippen LogP contribution < -0.4 is 0 Å². The van der Waals surface area contributed by atoms with Gasteiger partial charge in [-0.05, 0) is 20.3 Å². The van der Waals surface area contributed by atoms with Crippen molar-refractivity contribution >= 4 is 23.2 Å². The average Bonchev–Trinajstić information content (AvgIpc) is 2.58. The smallest absolute Gasteiger partial charge is 0.166 e. The SMILES string of the molecule is CCCc1c(Cl)nc(-c2c(C)nn(C)c2C)nc1Cl. The first kappa shape index (κ1) is 14.3. The standard InChI is InChI=1S/C13H16Cl2N4/c1-5-6-9-11(14)16-13(17-12(9)15)10-7(2)18-19(4)8(10)3/h5-6H2,1-4H3. The van der Waals surface area contributed by atoms with Crippen molar-refractivity contribution < 1.29 is 0 Å². The Hall–Kier alpha value is -1.13. The van der Waals surface area contributed by atoms with Crippen molar-refractivity contribution in [2.45, 2.75) is 33.6 Å². The molecule has 2 aromatic rings. The van der Waals surface area contributed by atoms with Gasteiger partial charge >= 0.3 is 0 Å². The maximum atomic E-state index is 6.21. The molecule has 6 heteroatoms. The number of nitrogens with zero attached hydrogens (tertiary/aromatic N) is 4. The van der Waals surface area contributed by atoms with Crippen molar-refractivity contribution in [3.63, 3.8) is 0 Å². The fourth-order valence-electron chi connectivity index (χ4n) is 2.10. The van der Waals surface area contributed by atoms with Crippen molar-refractivity contribution in [2.75, 3.05) is 0 Å². The molecule has 0 bridgehead atoms. The van der Waals surface area contributed by atoms with Crippen LogP contribution in [0.15, 0.2) is 0 Å². The Morgan fingerprint density at radius 3 is 2.11 bits per heavy atom. The number of hydrogen-bond donors (Lipinski definition) is 0. The van der Waals surface area contributed by atoms with Crippen LogP contribution in [0.5, 0.6) is 0 Å². The molecule has 0 N–H and O–H groups in total. The largest absolute Gasteiger partial charge is 0.272 e. The second-order valence-electron chi connectivity index (χ2n) is 4.53. The van der Waals surface area contributed by atoms with Crippen molar-refractivity contribution in [2.24, 2.45) is 7.05 Å². The Labute approximate surface area is 122 Å². The van der Waals surface area contributed by atoms with E-state index in [2.05, 4.69) is 22.0 Å². The van der Waals surface area contributed by atoms with Gasteiger partial charge in [0.1, 0.15) is 10.3 Å². The molecular weight excluding hydrogens is 283 g/mol. The van der Waals surface area contributed by atoms with E-state index in [1.54, 1.807) is 4.68 Å². The molecule has 0 radical (unpaired) electrons. The lowest BCUT2D eigenvalue weighted by Gasteiger charge is -2.07. The highest BCUT2D eigenvalue weighted by molar-refractivity contribution is 6.34. The molecular formula is C13H16Cl2N4.